The summed E-state index contributed by atoms with van der Waals surface area (Å²) in [4.78, 5) is 0. The molecule has 0 aliphatic heterocycles. The third kappa shape index (κ3) is 4.85. The molecule has 1 saturated carbocycles. The Hall–Kier alpha value is -0.260. The van der Waals surface area contributed by atoms with Crippen LogP contribution < -0.4 is 0 Å². The molecule has 100 valence electrons. The van der Waals surface area contributed by atoms with Gasteiger partial charge in [-0.25, -0.2) is 0 Å². The van der Waals surface area contributed by atoms with E-state index in [1.807, 2.05) is 0 Å². The van der Waals surface area contributed by atoms with E-state index in [1.165, 1.54) is 51.4 Å². The minimum absolute atomic E-state index is 0.828. The first-order valence-corrected chi connectivity index (χ1v) is 7.87. The summed E-state index contributed by atoms with van der Waals surface area (Å²) in [6.45, 7) is 9.57. The van der Waals surface area contributed by atoms with Gasteiger partial charge in [0.25, 0.3) is 0 Å². The highest BCUT2D eigenvalue weighted by molar-refractivity contribution is 5.05. The zero-order chi connectivity index (χ0) is 12.7. The molecule has 1 aliphatic carbocycles. The van der Waals surface area contributed by atoms with Crippen molar-refractivity contribution in [2.24, 2.45) is 17.8 Å². The molecule has 1 rings (SSSR count). The maximum atomic E-state index is 2.50. The first kappa shape index (κ1) is 14.8. The molecule has 0 aromatic rings. The van der Waals surface area contributed by atoms with Crippen LogP contribution in [0.3, 0.4) is 0 Å². The zero-order valence-electron chi connectivity index (χ0n) is 12.5. The normalized spacial score (nSPS) is 34.8. The Morgan fingerprint density at radius 2 is 1.82 bits per heavy atom. The molecule has 0 heterocycles. The molecule has 0 nitrogen and oxygen atoms in total. The van der Waals surface area contributed by atoms with Crippen LogP contribution in [0.4, 0.5) is 0 Å². The average molecular weight is 236 g/mol. The third-order valence-electron chi connectivity index (χ3n) is 4.77. The Labute approximate surface area is 109 Å². The van der Waals surface area contributed by atoms with Gasteiger partial charge in [-0.05, 0) is 49.9 Å². The summed E-state index contributed by atoms with van der Waals surface area (Å²) in [5, 5.41) is 0. The van der Waals surface area contributed by atoms with Crippen molar-refractivity contribution in [3.05, 3.63) is 11.6 Å². The predicted octanol–water partition coefficient (Wildman–Crippen LogP) is 5.98. The fourth-order valence-corrected chi connectivity index (χ4v) is 3.38. The van der Waals surface area contributed by atoms with Crippen LogP contribution in [0.1, 0.15) is 79.1 Å². The molecule has 0 amide bonds. The van der Waals surface area contributed by atoms with E-state index >= 15 is 0 Å². The molecule has 0 radical (unpaired) electrons. The van der Waals surface area contributed by atoms with Gasteiger partial charge in [-0.2, -0.15) is 0 Å². The number of hydrogen-bond acceptors (Lipinski definition) is 0. The van der Waals surface area contributed by atoms with Crippen LogP contribution in [0, 0.1) is 17.8 Å². The van der Waals surface area contributed by atoms with E-state index in [1.54, 1.807) is 5.57 Å². The molecular weight excluding hydrogens is 204 g/mol. The second-order valence-corrected chi connectivity index (χ2v) is 6.06. The first-order valence-electron chi connectivity index (χ1n) is 7.87. The van der Waals surface area contributed by atoms with Crippen molar-refractivity contribution in [2.45, 2.75) is 79.1 Å². The molecule has 3 atom stereocenters. The molecule has 0 saturated heterocycles. The Morgan fingerprint density at radius 3 is 2.47 bits per heavy atom. The van der Waals surface area contributed by atoms with Gasteiger partial charge in [-0.3, -0.25) is 0 Å². The van der Waals surface area contributed by atoms with Crippen molar-refractivity contribution in [2.75, 3.05) is 0 Å². The molecule has 0 aromatic carbocycles. The average Bonchev–Trinajstić information content (AvgIpc) is 2.33. The Bertz CT molecular complexity index is 226. The molecule has 0 N–H and O–H groups in total. The number of allylic oxidation sites excluding steroid dienone is 2. The first-order chi connectivity index (χ1) is 8.19. The van der Waals surface area contributed by atoms with Crippen LogP contribution in [-0.4, -0.2) is 0 Å². The molecule has 0 heteroatoms. The molecule has 0 aromatic heterocycles. The molecule has 0 spiro atoms. The van der Waals surface area contributed by atoms with Crippen molar-refractivity contribution >= 4 is 0 Å². The minimum atomic E-state index is 0.828. The summed E-state index contributed by atoms with van der Waals surface area (Å²) >= 11 is 0. The Balaban J connectivity index is 2.63. The fraction of sp³-hybridized carbons (Fsp3) is 0.882. The second-order valence-electron chi connectivity index (χ2n) is 6.06. The molecule has 1 aliphatic rings. The lowest BCUT2D eigenvalue weighted by atomic mass is 9.79. The van der Waals surface area contributed by atoms with Crippen LogP contribution in [-0.2, 0) is 0 Å². The zero-order valence-corrected chi connectivity index (χ0v) is 12.5. The third-order valence-corrected chi connectivity index (χ3v) is 4.77. The number of hydrogen-bond donors (Lipinski definition) is 0. The largest absolute Gasteiger partial charge is 0.0853 e. The summed E-state index contributed by atoms with van der Waals surface area (Å²) in [5.41, 5.74) is 1.75. The van der Waals surface area contributed by atoms with Gasteiger partial charge in [0, 0.05) is 0 Å². The van der Waals surface area contributed by atoms with Gasteiger partial charge in [-0.1, -0.05) is 58.6 Å². The van der Waals surface area contributed by atoms with Crippen molar-refractivity contribution in [3.8, 4) is 0 Å². The Kier molecular flexibility index (Phi) is 6.92. The van der Waals surface area contributed by atoms with E-state index in [0.717, 1.165) is 17.8 Å². The van der Waals surface area contributed by atoms with E-state index < -0.39 is 0 Å². The monoisotopic (exact) mass is 236 g/mol. The Morgan fingerprint density at radius 1 is 1.06 bits per heavy atom. The topological polar surface area (TPSA) is 0 Å². The van der Waals surface area contributed by atoms with Crippen LogP contribution >= 0.6 is 0 Å². The van der Waals surface area contributed by atoms with Gasteiger partial charge in [-0.15, -0.1) is 0 Å². The number of rotatable bonds is 2. The lowest BCUT2D eigenvalue weighted by Gasteiger charge is -2.27. The van der Waals surface area contributed by atoms with E-state index in [2.05, 4.69) is 33.8 Å². The van der Waals surface area contributed by atoms with Gasteiger partial charge < -0.3 is 0 Å². The quantitative estimate of drug-likeness (QED) is 0.518. The van der Waals surface area contributed by atoms with Gasteiger partial charge in [0.05, 0.1) is 0 Å². The fourth-order valence-electron chi connectivity index (χ4n) is 3.38. The van der Waals surface area contributed by atoms with E-state index in [4.69, 9.17) is 0 Å². The highest BCUT2D eigenvalue weighted by atomic mass is 14.2. The summed E-state index contributed by atoms with van der Waals surface area (Å²) in [5.74, 6) is 2.75. The van der Waals surface area contributed by atoms with Crippen LogP contribution in [0.5, 0.6) is 0 Å². The van der Waals surface area contributed by atoms with E-state index in [-0.39, 0.29) is 0 Å². The van der Waals surface area contributed by atoms with Crippen LogP contribution in [0.2, 0.25) is 0 Å². The van der Waals surface area contributed by atoms with E-state index in [0.29, 0.717) is 0 Å². The molecular formula is C17H32. The maximum Gasteiger partial charge on any atom is -0.0232 e. The molecule has 3 unspecified atom stereocenters. The summed E-state index contributed by atoms with van der Waals surface area (Å²) in [6.07, 6.45) is 13.6. The van der Waals surface area contributed by atoms with Crippen LogP contribution in [0.15, 0.2) is 11.6 Å². The summed E-state index contributed by atoms with van der Waals surface area (Å²) in [6, 6.07) is 0. The lowest BCUT2D eigenvalue weighted by Crippen LogP contribution is -2.14. The van der Waals surface area contributed by atoms with Gasteiger partial charge in [0.1, 0.15) is 0 Å². The lowest BCUT2D eigenvalue weighted by molar-refractivity contribution is 0.278. The highest BCUT2D eigenvalue weighted by Gasteiger charge is 2.19. The van der Waals surface area contributed by atoms with Gasteiger partial charge in [0.2, 0.25) is 0 Å². The second kappa shape index (κ2) is 7.95. The molecule has 17 heavy (non-hydrogen) atoms. The van der Waals surface area contributed by atoms with Crippen molar-refractivity contribution in [3.63, 3.8) is 0 Å². The van der Waals surface area contributed by atoms with Crippen molar-refractivity contribution in [1.29, 1.82) is 0 Å². The smallest absolute Gasteiger partial charge is 0.0232 e. The minimum Gasteiger partial charge on any atom is -0.0853 e. The van der Waals surface area contributed by atoms with E-state index in [9.17, 15) is 0 Å². The molecule has 0 bridgehead atoms. The van der Waals surface area contributed by atoms with Crippen molar-refractivity contribution < 1.29 is 0 Å². The van der Waals surface area contributed by atoms with Gasteiger partial charge in [0.15, 0.2) is 0 Å². The highest BCUT2D eigenvalue weighted by Crippen LogP contribution is 2.32. The standard InChI is InChI=1S/C17H32/c1-5-9-17-11-8-7-10-14(3)16(6-2)13-12-15(17)4/h9,14-16H,5-8,10-13H2,1-4H3. The van der Waals surface area contributed by atoms with Crippen LogP contribution in [0.25, 0.3) is 0 Å². The van der Waals surface area contributed by atoms with Crippen molar-refractivity contribution in [1.82, 2.24) is 0 Å². The maximum absolute atomic E-state index is 2.50. The summed E-state index contributed by atoms with van der Waals surface area (Å²) < 4.78 is 0. The molecule has 1 fully saturated rings. The SMILES string of the molecule is CCC=C1CCCCC(C)C(CC)CCC1C. The summed E-state index contributed by atoms with van der Waals surface area (Å²) in [7, 11) is 0. The predicted molar refractivity (Wildman–Crippen MR) is 78.2 cm³/mol. The van der Waals surface area contributed by atoms with Gasteiger partial charge >= 0.3 is 0 Å².